The topological polar surface area (TPSA) is 58.6 Å². The Labute approximate surface area is 131 Å². The third kappa shape index (κ3) is 5.21. The molecule has 0 radical (unpaired) electrons. The van der Waals surface area contributed by atoms with Crippen LogP contribution in [0.25, 0.3) is 0 Å². The van der Waals surface area contributed by atoms with E-state index in [0.717, 1.165) is 12.8 Å². The smallest absolute Gasteiger partial charge is 0.260 e. The molecule has 1 aromatic rings. The number of hydrogen-bond donors (Lipinski definition) is 2. The van der Waals surface area contributed by atoms with Gasteiger partial charge in [-0.3, -0.25) is 4.79 Å². The quantitative estimate of drug-likeness (QED) is 0.810. The molecule has 1 aromatic carbocycles. The Morgan fingerprint density at radius 2 is 1.95 bits per heavy atom. The summed E-state index contributed by atoms with van der Waals surface area (Å²) in [5, 5.41) is 12.8. The molecule has 1 rings (SSSR count). The van der Waals surface area contributed by atoms with E-state index in [0.29, 0.717) is 16.3 Å². The van der Waals surface area contributed by atoms with E-state index in [1.165, 1.54) is 0 Å². The van der Waals surface area contributed by atoms with Gasteiger partial charge in [-0.2, -0.15) is 0 Å². The molecule has 5 heteroatoms. The van der Waals surface area contributed by atoms with Crippen molar-refractivity contribution in [3.63, 3.8) is 0 Å². The molecule has 1 amide bonds. The van der Waals surface area contributed by atoms with E-state index in [4.69, 9.17) is 16.3 Å². The highest BCUT2D eigenvalue weighted by atomic mass is 35.5. The zero-order valence-electron chi connectivity index (χ0n) is 13.0. The van der Waals surface area contributed by atoms with Crippen molar-refractivity contribution >= 4 is 17.5 Å². The number of carbonyl (C=O) groups is 1. The van der Waals surface area contributed by atoms with Gasteiger partial charge in [0.2, 0.25) is 0 Å². The highest BCUT2D eigenvalue weighted by molar-refractivity contribution is 6.32. The van der Waals surface area contributed by atoms with E-state index in [2.05, 4.69) is 5.32 Å². The van der Waals surface area contributed by atoms with Crippen LogP contribution in [0.4, 0.5) is 0 Å². The summed E-state index contributed by atoms with van der Waals surface area (Å²) in [5.74, 6) is 0.285. The zero-order valence-corrected chi connectivity index (χ0v) is 13.8. The lowest BCUT2D eigenvalue weighted by Gasteiger charge is -2.20. The summed E-state index contributed by atoms with van der Waals surface area (Å²) in [6.07, 6.45) is 0.560. The first-order valence-electron chi connectivity index (χ1n) is 7.33. The largest absolute Gasteiger partial charge is 0.479 e. The van der Waals surface area contributed by atoms with E-state index < -0.39 is 12.2 Å². The van der Waals surface area contributed by atoms with Crippen molar-refractivity contribution < 1.29 is 14.6 Å². The summed E-state index contributed by atoms with van der Waals surface area (Å²) >= 11 is 6.11. The molecular formula is C16H24ClNO3. The Morgan fingerprint density at radius 3 is 2.43 bits per heavy atom. The summed E-state index contributed by atoms with van der Waals surface area (Å²) in [6.45, 7) is 7.42. The average Bonchev–Trinajstić information content (AvgIpc) is 2.46. The molecule has 0 aliphatic carbocycles. The Morgan fingerprint density at radius 1 is 1.33 bits per heavy atom. The molecule has 0 aliphatic heterocycles. The predicted molar refractivity (Wildman–Crippen MR) is 84.7 cm³/mol. The van der Waals surface area contributed by atoms with E-state index in [1.807, 2.05) is 13.8 Å². The Kier molecular flexibility index (Phi) is 6.99. The number of rotatable bonds is 7. The first-order chi connectivity index (χ1) is 9.88. The van der Waals surface area contributed by atoms with Gasteiger partial charge >= 0.3 is 0 Å². The number of benzene rings is 1. The molecule has 1 unspecified atom stereocenters. The normalized spacial score (nSPS) is 13.9. The Balaban J connectivity index is 2.70. The van der Waals surface area contributed by atoms with Gasteiger partial charge in [0.1, 0.15) is 5.75 Å². The summed E-state index contributed by atoms with van der Waals surface area (Å²) in [4.78, 5) is 12.0. The molecule has 4 nitrogen and oxygen atoms in total. The van der Waals surface area contributed by atoms with Crippen molar-refractivity contribution in [2.24, 2.45) is 0 Å². The van der Waals surface area contributed by atoms with Gasteiger partial charge in [-0.05, 0) is 44.4 Å². The second-order valence-electron chi connectivity index (χ2n) is 5.15. The zero-order chi connectivity index (χ0) is 16.0. The lowest BCUT2D eigenvalue weighted by atomic mass is 10.1. The summed E-state index contributed by atoms with van der Waals surface area (Å²) in [6, 6.07) is 5.21. The molecule has 0 heterocycles. The van der Waals surface area contributed by atoms with Crippen LogP contribution in [0, 0.1) is 0 Å². The van der Waals surface area contributed by atoms with Crippen molar-refractivity contribution in [2.75, 3.05) is 0 Å². The molecule has 2 N–H and O–H groups in total. The van der Waals surface area contributed by atoms with Gasteiger partial charge in [0.15, 0.2) is 6.10 Å². The number of aliphatic hydroxyl groups is 1. The van der Waals surface area contributed by atoms with Gasteiger partial charge in [0.25, 0.3) is 5.91 Å². The number of ether oxygens (including phenoxy) is 1. The predicted octanol–water partition coefficient (Wildman–Crippen LogP) is 3.47. The van der Waals surface area contributed by atoms with Crippen LogP contribution in [-0.4, -0.2) is 23.2 Å². The minimum atomic E-state index is -0.625. The molecule has 0 spiro atoms. The fourth-order valence-corrected chi connectivity index (χ4v) is 2.16. The maximum absolute atomic E-state index is 12.0. The number of nitrogens with one attached hydrogen (secondary N) is 1. The first-order valence-corrected chi connectivity index (χ1v) is 7.71. The fourth-order valence-electron chi connectivity index (χ4n) is 1.93. The van der Waals surface area contributed by atoms with Crippen molar-refractivity contribution in [1.82, 2.24) is 5.32 Å². The third-order valence-corrected chi connectivity index (χ3v) is 3.74. The van der Waals surface area contributed by atoms with Crippen LogP contribution in [0.3, 0.4) is 0 Å². The number of halogens is 1. The van der Waals surface area contributed by atoms with Crippen molar-refractivity contribution in [3.8, 4) is 5.75 Å². The summed E-state index contributed by atoms with van der Waals surface area (Å²) in [7, 11) is 0. The minimum absolute atomic E-state index is 0.153. The van der Waals surface area contributed by atoms with Crippen LogP contribution in [0.1, 0.15) is 52.2 Å². The minimum Gasteiger partial charge on any atom is -0.479 e. The number of carbonyl (C=O) groups excluding carboxylic acids is 1. The monoisotopic (exact) mass is 313 g/mol. The van der Waals surface area contributed by atoms with Gasteiger partial charge in [-0.15, -0.1) is 0 Å². The van der Waals surface area contributed by atoms with Gasteiger partial charge in [-0.25, -0.2) is 0 Å². The maximum Gasteiger partial charge on any atom is 0.260 e. The van der Waals surface area contributed by atoms with Crippen molar-refractivity contribution in [1.29, 1.82) is 0 Å². The average molecular weight is 314 g/mol. The molecule has 2 atom stereocenters. The van der Waals surface area contributed by atoms with E-state index in [-0.39, 0.29) is 11.9 Å². The molecule has 0 bridgehead atoms. The molecular weight excluding hydrogens is 290 g/mol. The van der Waals surface area contributed by atoms with Crippen LogP contribution in [0.5, 0.6) is 5.75 Å². The highest BCUT2D eigenvalue weighted by Gasteiger charge is 2.18. The fraction of sp³-hybridized carbons (Fsp3) is 0.562. The summed E-state index contributed by atoms with van der Waals surface area (Å²) in [5.41, 5.74) is 0.710. The molecule has 0 aliphatic rings. The standard InChI is InChI=1S/C16H24ClNO3/c1-5-13(6-2)18-16(20)11(4)21-15-8-7-12(10(3)19)9-14(15)17/h7-11,13,19H,5-6H2,1-4H3,(H,18,20)/t10-,11?/m0/s1. The molecule has 0 saturated heterocycles. The van der Waals surface area contributed by atoms with Crippen LogP contribution >= 0.6 is 11.6 Å². The molecule has 21 heavy (non-hydrogen) atoms. The maximum atomic E-state index is 12.0. The SMILES string of the molecule is CCC(CC)NC(=O)C(C)Oc1ccc([C@H](C)O)cc1Cl. The van der Waals surface area contributed by atoms with Crippen LogP contribution in [-0.2, 0) is 4.79 Å². The lowest BCUT2D eigenvalue weighted by Crippen LogP contribution is -2.42. The summed E-state index contributed by atoms with van der Waals surface area (Å²) < 4.78 is 5.61. The Bertz CT molecular complexity index is 473. The number of amides is 1. The second kappa shape index (κ2) is 8.25. The van der Waals surface area contributed by atoms with Crippen molar-refractivity contribution in [3.05, 3.63) is 28.8 Å². The van der Waals surface area contributed by atoms with E-state index >= 15 is 0 Å². The van der Waals surface area contributed by atoms with Gasteiger partial charge in [0.05, 0.1) is 11.1 Å². The van der Waals surface area contributed by atoms with Crippen LogP contribution < -0.4 is 10.1 Å². The molecule has 0 fully saturated rings. The molecule has 0 saturated carbocycles. The first kappa shape index (κ1) is 17.8. The Hall–Kier alpha value is -1.26. The van der Waals surface area contributed by atoms with Crippen LogP contribution in [0.15, 0.2) is 18.2 Å². The van der Waals surface area contributed by atoms with E-state index in [9.17, 15) is 9.90 Å². The lowest BCUT2D eigenvalue weighted by molar-refractivity contribution is -0.128. The van der Waals surface area contributed by atoms with Gasteiger partial charge in [-0.1, -0.05) is 31.5 Å². The third-order valence-electron chi connectivity index (χ3n) is 3.44. The molecule has 118 valence electrons. The number of hydrogen-bond acceptors (Lipinski definition) is 3. The highest BCUT2D eigenvalue weighted by Crippen LogP contribution is 2.28. The van der Waals surface area contributed by atoms with Crippen molar-refractivity contribution in [2.45, 2.75) is 58.8 Å². The van der Waals surface area contributed by atoms with Crippen LogP contribution in [0.2, 0.25) is 5.02 Å². The molecule has 0 aromatic heterocycles. The van der Waals surface area contributed by atoms with Gasteiger partial charge in [0, 0.05) is 6.04 Å². The number of aliphatic hydroxyl groups excluding tert-OH is 1. The second-order valence-corrected chi connectivity index (χ2v) is 5.56. The van der Waals surface area contributed by atoms with Gasteiger partial charge < -0.3 is 15.2 Å². The van der Waals surface area contributed by atoms with E-state index in [1.54, 1.807) is 32.0 Å².